The number of nitrogens with one attached hydrogen (secondary N) is 2. The minimum Gasteiger partial charge on any atom is -0.393 e. The van der Waals surface area contributed by atoms with Crippen LogP contribution in [0.25, 0.3) is 0 Å². The van der Waals surface area contributed by atoms with Gasteiger partial charge in [-0.3, -0.25) is 14.4 Å². The van der Waals surface area contributed by atoms with Crippen molar-refractivity contribution in [1.29, 1.82) is 0 Å². The topological polar surface area (TPSA) is 100 Å². The van der Waals surface area contributed by atoms with Crippen molar-refractivity contribution in [1.82, 2.24) is 15.2 Å². The number of nitrogens with zero attached hydrogens (tertiary/aromatic N) is 1. The Balaban J connectivity index is 1.87. The fraction of sp³-hybridized carbons (Fsp3) is 0.381. The van der Waals surface area contributed by atoms with Crippen LogP contribution in [0.3, 0.4) is 0 Å². The maximum absolute atomic E-state index is 12.7. The lowest BCUT2D eigenvalue weighted by Gasteiger charge is -2.16. The predicted molar refractivity (Wildman–Crippen MR) is 105 cm³/mol. The molecule has 0 saturated heterocycles. The zero-order valence-corrected chi connectivity index (χ0v) is 15.9. The SMILES string of the molecule is CNC(=O)c1cc(C(=O)NC[C@@H]2CCC[C@@H]2O)cn(Cc2ccccc2)c1=O. The molecule has 0 bridgehead atoms. The summed E-state index contributed by atoms with van der Waals surface area (Å²) in [6.07, 6.45) is 3.66. The molecule has 1 saturated carbocycles. The number of hydrogen-bond donors (Lipinski definition) is 3. The van der Waals surface area contributed by atoms with E-state index in [2.05, 4.69) is 10.6 Å². The van der Waals surface area contributed by atoms with Gasteiger partial charge in [0.15, 0.2) is 0 Å². The summed E-state index contributed by atoms with van der Waals surface area (Å²) in [6, 6.07) is 10.7. The molecule has 1 heterocycles. The number of benzene rings is 1. The molecule has 3 N–H and O–H groups in total. The molecular formula is C21H25N3O4. The molecule has 7 heteroatoms. The minimum atomic E-state index is -0.535. The summed E-state index contributed by atoms with van der Waals surface area (Å²) in [6.45, 7) is 0.624. The number of aliphatic hydroxyl groups excluding tert-OH is 1. The van der Waals surface area contributed by atoms with Gasteiger partial charge in [0.1, 0.15) is 5.56 Å². The first-order valence-corrected chi connectivity index (χ1v) is 9.46. The van der Waals surface area contributed by atoms with Crippen LogP contribution in [-0.4, -0.2) is 41.2 Å². The third kappa shape index (κ3) is 4.48. The van der Waals surface area contributed by atoms with E-state index < -0.39 is 17.6 Å². The number of hydrogen-bond acceptors (Lipinski definition) is 4. The van der Waals surface area contributed by atoms with Gasteiger partial charge in [0, 0.05) is 25.7 Å². The van der Waals surface area contributed by atoms with Crippen LogP contribution in [-0.2, 0) is 6.54 Å². The number of rotatable bonds is 6. The molecule has 1 aliphatic carbocycles. The second-order valence-electron chi connectivity index (χ2n) is 7.11. The van der Waals surface area contributed by atoms with Gasteiger partial charge in [0.05, 0.1) is 18.2 Å². The van der Waals surface area contributed by atoms with Gasteiger partial charge in [-0.05, 0) is 24.5 Å². The number of pyridine rings is 1. The van der Waals surface area contributed by atoms with Crippen molar-refractivity contribution in [2.45, 2.75) is 31.9 Å². The molecule has 28 heavy (non-hydrogen) atoms. The van der Waals surface area contributed by atoms with E-state index in [9.17, 15) is 19.5 Å². The molecule has 2 aromatic rings. The second kappa shape index (κ2) is 8.84. The van der Waals surface area contributed by atoms with Crippen LogP contribution in [0, 0.1) is 5.92 Å². The Morgan fingerprint density at radius 2 is 1.93 bits per heavy atom. The van der Waals surface area contributed by atoms with Crippen LogP contribution in [0.2, 0.25) is 0 Å². The first-order chi connectivity index (χ1) is 13.5. The monoisotopic (exact) mass is 383 g/mol. The van der Waals surface area contributed by atoms with Crippen molar-refractivity contribution in [3.63, 3.8) is 0 Å². The van der Waals surface area contributed by atoms with E-state index >= 15 is 0 Å². The van der Waals surface area contributed by atoms with Gasteiger partial charge in [0.2, 0.25) is 0 Å². The van der Waals surface area contributed by atoms with E-state index in [0.717, 1.165) is 24.8 Å². The number of carbonyl (C=O) groups excluding carboxylic acids is 2. The van der Waals surface area contributed by atoms with Gasteiger partial charge in [-0.1, -0.05) is 36.8 Å². The molecule has 7 nitrogen and oxygen atoms in total. The van der Waals surface area contributed by atoms with Crippen LogP contribution in [0.15, 0.2) is 47.4 Å². The molecule has 2 amide bonds. The average Bonchev–Trinajstić information content (AvgIpc) is 3.12. The maximum Gasteiger partial charge on any atom is 0.263 e. The van der Waals surface area contributed by atoms with E-state index in [1.165, 1.54) is 23.9 Å². The summed E-state index contributed by atoms with van der Waals surface area (Å²) in [5, 5.41) is 15.2. The van der Waals surface area contributed by atoms with Gasteiger partial charge in [-0.2, -0.15) is 0 Å². The average molecular weight is 383 g/mol. The quantitative estimate of drug-likeness (QED) is 0.697. The normalized spacial score (nSPS) is 18.6. The highest BCUT2D eigenvalue weighted by Crippen LogP contribution is 2.24. The van der Waals surface area contributed by atoms with E-state index in [1.807, 2.05) is 30.3 Å². The molecule has 3 rings (SSSR count). The van der Waals surface area contributed by atoms with Crippen LogP contribution < -0.4 is 16.2 Å². The van der Waals surface area contributed by atoms with Gasteiger partial charge < -0.3 is 20.3 Å². The van der Waals surface area contributed by atoms with Crippen LogP contribution in [0.4, 0.5) is 0 Å². The Bertz CT molecular complexity index is 908. The molecular weight excluding hydrogens is 358 g/mol. The highest BCUT2D eigenvalue weighted by Gasteiger charge is 2.26. The van der Waals surface area contributed by atoms with Crippen molar-refractivity contribution in [2.24, 2.45) is 5.92 Å². The van der Waals surface area contributed by atoms with Gasteiger partial charge in [-0.15, -0.1) is 0 Å². The third-order valence-electron chi connectivity index (χ3n) is 5.16. The number of aliphatic hydroxyl groups is 1. The highest BCUT2D eigenvalue weighted by molar-refractivity contribution is 5.99. The Morgan fingerprint density at radius 1 is 1.18 bits per heavy atom. The standard InChI is InChI=1S/C21H25N3O4/c1-22-20(27)17-10-16(19(26)23-11-15-8-5-9-18(15)25)13-24(21(17)28)12-14-6-3-2-4-7-14/h2-4,6-7,10,13,15,18,25H,5,8-9,11-12H2,1H3,(H,22,27)(H,23,26)/t15-,18-/m0/s1. The smallest absolute Gasteiger partial charge is 0.263 e. The molecule has 1 aliphatic rings. The fourth-order valence-corrected chi connectivity index (χ4v) is 3.54. The van der Waals surface area contributed by atoms with E-state index in [1.54, 1.807) is 0 Å². The maximum atomic E-state index is 12.7. The van der Waals surface area contributed by atoms with Crippen molar-refractivity contribution in [3.05, 3.63) is 69.6 Å². The molecule has 0 spiro atoms. The minimum absolute atomic E-state index is 0.0394. The fourth-order valence-electron chi connectivity index (χ4n) is 3.54. The molecule has 0 radical (unpaired) electrons. The zero-order chi connectivity index (χ0) is 20.1. The first kappa shape index (κ1) is 19.8. The molecule has 148 valence electrons. The largest absolute Gasteiger partial charge is 0.393 e. The van der Waals surface area contributed by atoms with Gasteiger partial charge in [-0.25, -0.2) is 0 Å². The molecule has 1 aromatic carbocycles. The molecule has 2 atom stereocenters. The van der Waals surface area contributed by atoms with Crippen molar-refractivity contribution in [3.8, 4) is 0 Å². The number of amides is 2. The summed E-state index contributed by atoms with van der Waals surface area (Å²) in [5.41, 5.74) is 0.596. The second-order valence-corrected chi connectivity index (χ2v) is 7.11. The lowest BCUT2D eigenvalue weighted by atomic mass is 10.1. The van der Waals surface area contributed by atoms with Gasteiger partial charge >= 0.3 is 0 Å². The lowest BCUT2D eigenvalue weighted by Crippen LogP contribution is -2.36. The highest BCUT2D eigenvalue weighted by atomic mass is 16.3. The van der Waals surface area contributed by atoms with Crippen LogP contribution in [0.1, 0.15) is 45.5 Å². The molecule has 0 unspecified atom stereocenters. The van der Waals surface area contributed by atoms with E-state index in [0.29, 0.717) is 6.54 Å². The Labute approximate surface area is 163 Å². The van der Waals surface area contributed by atoms with E-state index in [-0.39, 0.29) is 29.5 Å². The zero-order valence-electron chi connectivity index (χ0n) is 15.9. The summed E-state index contributed by atoms with van der Waals surface area (Å²) in [7, 11) is 1.44. The predicted octanol–water partition coefficient (Wildman–Crippen LogP) is 1.15. The molecule has 0 aliphatic heterocycles. The summed E-state index contributed by atoms with van der Waals surface area (Å²) >= 11 is 0. The Kier molecular flexibility index (Phi) is 6.26. The lowest BCUT2D eigenvalue weighted by molar-refractivity contribution is 0.0916. The Hall–Kier alpha value is -2.93. The Morgan fingerprint density at radius 3 is 2.57 bits per heavy atom. The summed E-state index contributed by atoms with van der Waals surface area (Å²) < 4.78 is 1.37. The molecule has 1 fully saturated rings. The van der Waals surface area contributed by atoms with Crippen molar-refractivity contribution < 1.29 is 14.7 Å². The summed E-state index contributed by atoms with van der Waals surface area (Å²) in [5.74, 6) is -0.865. The first-order valence-electron chi connectivity index (χ1n) is 9.46. The van der Waals surface area contributed by atoms with Crippen LogP contribution in [0.5, 0.6) is 0 Å². The molecule has 1 aromatic heterocycles. The van der Waals surface area contributed by atoms with Crippen molar-refractivity contribution in [2.75, 3.05) is 13.6 Å². The summed E-state index contributed by atoms with van der Waals surface area (Å²) in [4.78, 5) is 37.5. The number of carbonyl (C=O) groups is 2. The van der Waals surface area contributed by atoms with Gasteiger partial charge in [0.25, 0.3) is 17.4 Å². The number of aromatic nitrogens is 1. The van der Waals surface area contributed by atoms with Crippen molar-refractivity contribution >= 4 is 11.8 Å². The van der Waals surface area contributed by atoms with E-state index in [4.69, 9.17) is 0 Å². The third-order valence-corrected chi connectivity index (χ3v) is 5.16. The van der Waals surface area contributed by atoms with Crippen LogP contribution >= 0.6 is 0 Å².